The fourth-order valence-electron chi connectivity index (χ4n) is 5.18. The lowest BCUT2D eigenvalue weighted by Gasteiger charge is -2.34. The maximum Gasteiger partial charge on any atom is 0.243 e. The van der Waals surface area contributed by atoms with Gasteiger partial charge in [-0.2, -0.15) is 4.31 Å². The minimum absolute atomic E-state index is 0.0408. The number of rotatable bonds is 13. The van der Waals surface area contributed by atoms with Crippen molar-refractivity contribution >= 4 is 15.9 Å². The van der Waals surface area contributed by atoms with Crippen LogP contribution < -0.4 is 10.1 Å². The first-order valence-corrected chi connectivity index (χ1v) is 14.7. The van der Waals surface area contributed by atoms with E-state index in [1.54, 1.807) is 12.1 Å². The van der Waals surface area contributed by atoms with E-state index in [4.69, 9.17) is 4.74 Å². The molecule has 0 spiro atoms. The number of carbonyl (C=O) groups is 1. The smallest absolute Gasteiger partial charge is 0.243 e. The van der Waals surface area contributed by atoms with Crippen LogP contribution in [0.3, 0.4) is 0 Å². The fourth-order valence-corrected chi connectivity index (χ4v) is 6.80. The number of carbonyl (C=O) groups excluding carboxylic acids is 1. The second-order valence-electron chi connectivity index (χ2n) is 10.6. The molecule has 1 aliphatic carbocycles. The van der Waals surface area contributed by atoms with Gasteiger partial charge in [-0.15, -0.1) is 0 Å². The highest BCUT2D eigenvalue weighted by Gasteiger charge is 2.41. The highest BCUT2D eigenvalue weighted by atomic mass is 32.2. The molecule has 1 amide bonds. The number of ether oxygens (including phenoxy) is 1. The summed E-state index contributed by atoms with van der Waals surface area (Å²) < 4.78 is 33.7. The van der Waals surface area contributed by atoms with Crippen LogP contribution >= 0.6 is 0 Å². The highest BCUT2D eigenvalue weighted by molar-refractivity contribution is 7.89. The Morgan fingerprint density at radius 1 is 1.05 bits per heavy atom. The number of hydrogen-bond donors (Lipinski definition) is 2. The van der Waals surface area contributed by atoms with E-state index in [-0.39, 0.29) is 29.8 Å². The Labute approximate surface area is 222 Å². The molecule has 0 bridgehead atoms. The molecule has 2 N–H and O–H groups in total. The predicted molar refractivity (Wildman–Crippen MR) is 146 cm³/mol. The molecule has 0 unspecified atom stereocenters. The summed E-state index contributed by atoms with van der Waals surface area (Å²) in [7, 11) is -2.35. The van der Waals surface area contributed by atoms with Gasteiger partial charge >= 0.3 is 0 Å². The van der Waals surface area contributed by atoms with E-state index >= 15 is 0 Å². The van der Waals surface area contributed by atoms with Gasteiger partial charge in [-0.05, 0) is 61.4 Å². The van der Waals surface area contributed by atoms with Gasteiger partial charge < -0.3 is 15.2 Å². The van der Waals surface area contributed by atoms with Crippen LogP contribution in [-0.2, 0) is 21.2 Å². The number of amides is 1. The first-order valence-electron chi connectivity index (χ1n) is 13.3. The van der Waals surface area contributed by atoms with E-state index in [9.17, 15) is 18.3 Å². The van der Waals surface area contributed by atoms with E-state index < -0.39 is 27.6 Å². The number of methoxy groups -OCH3 is 1. The maximum atomic E-state index is 13.6. The standard InChI is InChI=1S/C29H42N2O5S/c1-5-29(17-9-10-18-29)28(33)30-26(19-23-11-7-6-8-12-23)27(32)21-31(20-22(2)3)37(34,35)25-15-13-24(36-4)14-16-25/h6-8,11-16,22,26-27,32H,5,9-10,17-21H2,1-4H3,(H,30,33)/t26-,27+/m1/s1. The molecule has 1 aliphatic rings. The lowest BCUT2D eigenvalue weighted by molar-refractivity contribution is -0.132. The summed E-state index contributed by atoms with van der Waals surface area (Å²) in [5, 5.41) is 14.6. The molecule has 2 aromatic carbocycles. The zero-order valence-electron chi connectivity index (χ0n) is 22.5. The van der Waals surface area contributed by atoms with Crippen LogP contribution in [0.1, 0.15) is 58.4 Å². The fraction of sp³-hybridized carbons (Fsp3) is 0.552. The Balaban J connectivity index is 1.87. The van der Waals surface area contributed by atoms with Gasteiger partial charge in [0.25, 0.3) is 0 Å². The zero-order chi connectivity index (χ0) is 27.1. The summed E-state index contributed by atoms with van der Waals surface area (Å²) in [6, 6.07) is 15.3. The summed E-state index contributed by atoms with van der Waals surface area (Å²) in [4.78, 5) is 13.6. The SMILES string of the molecule is CCC1(C(=O)N[C@H](Cc2ccccc2)[C@@H](O)CN(CC(C)C)S(=O)(=O)c2ccc(OC)cc2)CCCC1. The van der Waals surface area contributed by atoms with E-state index in [0.717, 1.165) is 37.7 Å². The van der Waals surface area contributed by atoms with E-state index in [0.29, 0.717) is 12.2 Å². The number of nitrogens with one attached hydrogen (secondary N) is 1. The molecule has 1 saturated carbocycles. The molecule has 204 valence electrons. The molecule has 2 atom stereocenters. The Hall–Kier alpha value is -2.42. The lowest BCUT2D eigenvalue weighted by Crippen LogP contribution is -2.53. The van der Waals surface area contributed by atoms with E-state index in [1.807, 2.05) is 51.1 Å². The molecule has 0 aromatic heterocycles. The van der Waals surface area contributed by atoms with Gasteiger partial charge in [0.1, 0.15) is 5.75 Å². The Bertz CT molecular complexity index is 1100. The molecule has 2 aromatic rings. The van der Waals surface area contributed by atoms with Crippen molar-refractivity contribution in [2.75, 3.05) is 20.2 Å². The molecule has 37 heavy (non-hydrogen) atoms. The molecule has 8 heteroatoms. The summed E-state index contributed by atoms with van der Waals surface area (Å²) in [5.74, 6) is 0.571. The van der Waals surface area contributed by atoms with Crippen molar-refractivity contribution in [3.63, 3.8) is 0 Å². The van der Waals surface area contributed by atoms with Gasteiger partial charge in [-0.3, -0.25) is 4.79 Å². The number of benzene rings is 2. The van der Waals surface area contributed by atoms with Gasteiger partial charge in [-0.25, -0.2) is 8.42 Å². The quantitative estimate of drug-likeness (QED) is 0.400. The highest BCUT2D eigenvalue weighted by Crippen LogP contribution is 2.41. The summed E-state index contributed by atoms with van der Waals surface area (Å²) in [6.45, 7) is 6.05. The molecule has 0 heterocycles. The van der Waals surface area contributed by atoms with Crippen LogP contribution in [0.25, 0.3) is 0 Å². The molecule has 0 radical (unpaired) electrons. The van der Waals surface area contributed by atoms with Crippen LogP contribution in [0.5, 0.6) is 5.75 Å². The molecular formula is C29H42N2O5S. The van der Waals surface area contributed by atoms with Gasteiger partial charge in [0.05, 0.1) is 24.2 Å². The van der Waals surface area contributed by atoms with Gasteiger partial charge in [0.15, 0.2) is 0 Å². The third-order valence-corrected chi connectivity index (χ3v) is 9.30. The number of sulfonamides is 1. The topological polar surface area (TPSA) is 95.9 Å². The Morgan fingerprint density at radius 3 is 2.22 bits per heavy atom. The number of hydrogen-bond acceptors (Lipinski definition) is 5. The average molecular weight is 531 g/mol. The second kappa shape index (κ2) is 12.9. The third-order valence-electron chi connectivity index (χ3n) is 7.46. The Morgan fingerprint density at radius 2 is 1.68 bits per heavy atom. The largest absolute Gasteiger partial charge is 0.497 e. The summed E-state index contributed by atoms with van der Waals surface area (Å²) in [5.41, 5.74) is 0.554. The third kappa shape index (κ3) is 7.33. The van der Waals surface area contributed by atoms with Crippen molar-refractivity contribution in [1.82, 2.24) is 9.62 Å². The first kappa shape index (κ1) is 29.1. The van der Waals surface area contributed by atoms with Crippen LogP contribution in [-0.4, -0.2) is 56.1 Å². The van der Waals surface area contributed by atoms with Crippen molar-refractivity contribution in [1.29, 1.82) is 0 Å². The van der Waals surface area contributed by atoms with Crippen LogP contribution in [0, 0.1) is 11.3 Å². The van der Waals surface area contributed by atoms with Crippen molar-refractivity contribution in [2.24, 2.45) is 11.3 Å². The molecule has 7 nitrogen and oxygen atoms in total. The molecule has 0 saturated heterocycles. The maximum absolute atomic E-state index is 13.6. The molecular weight excluding hydrogens is 488 g/mol. The molecule has 3 rings (SSSR count). The molecule has 1 fully saturated rings. The Kier molecular flexibility index (Phi) is 10.2. The summed E-state index contributed by atoms with van der Waals surface area (Å²) >= 11 is 0. The monoisotopic (exact) mass is 530 g/mol. The lowest BCUT2D eigenvalue weighted by atomic mass is 9.82. The van der Waals surface area contributed by atoms with Crippen molar-refractivity contribution in [3.05, 3.63) is 60.2 Å². The van der Waals surface area contributed by atoms with E-state index in [2.05, 4.69) is 5.32 Å². The minimum atomic E-state index is -3.88. The molecule has 0 aliphatic heterocycles. The van der Waals surface area contributed by atoms with Crippen LogP contribution in [0.4, 0.5) is 0 Å². The van der Waals surface area contributed by atoms with Crippen molar-refractivity contribution in [3.8, 4) is 5.75 Å². The zero-order valence-corrected chi connectivity index (χ0v) is 23.3. The van der Waals surface area contributed by atoms with Crippen LogP contribution in [0.15, 0.2) is 59.5 Å². The van der Waals surface area contributed by atoms with Crippen molar-refractivity contribution in [2.45, 2.75) is 76.3 Å². The second-order valence-corrected chi connectivity index (χ2v) is 12.5. The van der Waals surface area contributed by atoms with Crippen LogP contribution in [0.2, 0.25) is 0 Å². The first-order chi connectivity index (χ1) is 17.6. The number of aliphatic hydroxyl groups is 1. The minimum Gasteiger partial charge on any atom is -0.497 e. The van der Waals surface area contributed by atoms with E-state index in [1.165, 1.54) is 23.5 Å². The normalized spacial score (nSPS) is 17.1. The van der Waals surface area contributed by atoms with Gasteiger partial charge in [-0.1, -0.05) is 63.9 Å². The predicted octanol–water partition coefficient (Wildman–Crippen LogP) is 4.40. The van der Waals surface area contributed by atoms with Crippen molar-refractivity contribution < 1.29 is 23.1 Å². The van der Waals surface area contributed by atoms with Gasteiger partial charge in [0, 0.05) is 18.5 Å². The average Bonchev–Trinajstić information content (AvgIpc) is 3.39. The number of nitrogens with zero attached hydrogens (tertiary/aromatic N) is 1. The van der Waals surface area contributed by atoms with Gasteiger partial charge in [0.2, 0.25) is 15.9 Å². The summed E-state index contributed by atoms with van der Waals surface area (Å²) in [6.07, 6.45) is 3.80. The number of aliphatic hydroxyl groups excluding tert-OH is 1.